The zero-order chi connectivity index (χ0) is 20.8. The minimum absolute atomic E-state index is 0.103. The highest BCUT2D eigenvalue weighted by Gasteiger charge is 2.13. The van der Waals surface area contributed by atoms with Crippen LogP contribution in [0, 0.1) is 0 Å². The molecule has 0 spiro atoms. The second-order valence-electron chi connectivity index (χ2n) is 7.02. The van der Waals surface area contributed by atoms with Crippen LogP contribution in [0.5, 0.6) is 5.75 Å². The Morgan fingerprint density at radius 1 is 1.17 bits per heavy atom. The number of hydrogen-bond acceptors (Lipinski definition) is 4. The lowest BCUT2D eigenvalue weighted by atomic mass is 10.00. The molecule has 0 saturated carbocycles. The maximum atomic E-state index is 12.3. The maximum absolute atomic E-state index is 12.3. The highest BCUT2D eigenvalue weighted by atomic mass is 35.5. The van der Waals surface area contributed by atoms with Gasteiger partial charge in [-0.15, -0.1) is 0 Å². The van der Waals surface area contributed by atoms with E-state index >= 15 is 0 Å². The number of ether oxygens (including phenoxy) is 1. The van der Waals surface area contributed by atoms with E-state index in [1.54, 1.807) is 36.5 Å². The molecule has 0 aliphatic rings. The maximum Gasteiger partial charge on any atom is 0.271 e. The SMILES string of the molecule is CC(C)c1ccc(C(O)CNC(=O)c2ccn(COc3cccc(Cl)c3)n2)cc1. The van der Waals surface area contributed by atoms with Gasteiger partial charge in [0.15, 0.2) is 6.73 Å². The van der Waals surface area contributed by atoms with Crippen molar-refractivity contribution in [3.8, 4) is 5.75 Å². The van der Waals surface area contributed by atoms with Crippen LogP contribution in [0.1, 0.15) is 47.5 Å². The van der Waals surface area contributed by atoms with Crippen LogP contribution in [0.15, 0.2) is 60.8 Å². The van der Waals surface area contributed by atoms with E-state index in [9.17, 15) is 9.90 Å². The van der Waals surface area contributed by atoms with Crippen LogP contribution < -0.4 is 10.1 Å². The number of aliphatic hydroxyl groups is 1. The molecule has 3 rings (SSSR count). The number of hydrogen-bond donors (Lipinski definition) is 2. The van der Waals surface area contributed by atoms with Crippen LogP contribution in [0.4, 0.5) is 0 Å². The Bertz CT molecular complexity index is 954. The Balaban J connectivity index is 1.50. The molecule has 0 bridgehead atoms. The normalized spacial score (nSPS) is 12.0. The molecule has 1 amide bonds. The number of aromatic nitrogens is 2. The lowest BCUT2D eigenvalue weighted by Gasteiger charge is -2.13. The Hall–Kier alpha value is -2.83. The Labute approximate surface area is 175 Å². The van der Waals surface area contributed by atoms with Gasteiger partial charge in [0.25, 0.3) is 5.91 Å². The van der Waals surface area contributed by atoms with E-state index in [4.69, 9.17) is 16.3 Å². The molecule has 7 heteroatoms. The van der Waals surface area contributed by atoms with Crippen molar-refractivity contribution in [2.75, 3.05) is 6.54 Å². The molecule has 0 aliphatic carbocycles. The summed E-state index contributed by atoms with van der Waals surface area (Å²) in [7, 11) is 0. The van der Waals surface area contributed by atoms with Gasteiger partial charge < -0.3 is 15.2 Å². The molecular weight excluding hydrogens is 390 g/mol. The Morgan fingerprint density at radius 2 is 1.90 bits per heavy atom. The second kappa shape index (κ2) is 9.58. The summed E-state index contributed by atoms with van der Waals surface area (Å²) in [5.74, 6) is 0.689. The molecule has 29 heavy (non-hydrogen) atoms. The van der Waals surface area contributed by atoms with Crippen LogP contribution in [-0.2, 0) is 6.73 Å². The van der Waals surface area contributed by atoms with Crippen molar-refractivity contribution < 1.29 is 14.6 Å². The molecule has 0 fully saturated rings. The first-order valence-corrected chi connectivity index (χ1v) is 9.78. The van der Waals surface area contributed by atoms with Gasteiger partial charge in [-0.05, 0) is 41.3 Å². The van der Waals surface area contributed by atoms with E-state index in [2.05, 4.69) is 24.3 Å². The summed E-state index contributed by atoms with van der Waals surface area (Å²) in [4.78, 5) is 12.3. The molecule has 1 aromatic heterocycles. The van der Waals surface area contributed by atoms with E-state index in [1.165, 1.54) is 10.2 Å². The third-order valence-corrected chi connectivity index (χ3v) is 4.71. The van der Waals surface area contributed by atoms with Crippen molar-refractivity contribution in [3.05, 3.63) is 82.6 Å². The highest BCUT2D eigenvalue weighted by molar-refractivity contribution is 6.30. The third-order valence-electron chi connectivity index (χ3n) is 4.48. The standard InChI is InChI=1S/C22H24ClN3O3/c1-15(2)16-6-8-17(9-7-16)21(27)13-24-22(28)20-10-11-26(25-20)14-29-19-5-3-4-18(23)12-19/h3-12,15,21,27H,13-14H2,1-2H3,(H,24,28). The van der Waals surface area contributed by atoms with Crippen molar-refractivity contribution in [2.24, 2.45) is 0 Å². The zero-order valence-corrected chi connectivity index (χ0v) is 17.1. The molecule has 1 heterocycles. The first-order valence-electron chi connectivity index (χ1n) is 9.40. The average molecular weight is 414 g/mol. The van der Waals surface area contributed by atoms with Crippen LogP contribution in [0.3, 0.4) is 0 Å². The van der Waals surface area contributed by atoms with Gasteiger partial charge in [-0.1, -0.05) is 55.8 Å². The second-order valence-corrected chi connectivity index (χ2v) is 7.45. The van der Waals surface area contributed by atoms with Crippen LogP contribution in [0.25, 0.3) is 0 Å². The summed E-state index contributed by atoms with van der Waals surface area (Å²) < 4.78 is 7.10. The minimum atomic E-state index is -0.784. The number of rotatable bonds is 8. The Morgan fingerprint density at radius 3 is 2.59 bits per heavy atom. The van der Waals surface area contributed by atoms with Gasteiger partial charge in [0.2, 0.25) is 0 Å². The van der Waals surface area contributed by atoms with Gasteiger partial charge in [0.05, 0.1) is 6.10 Å². The number of nitrogens with zero attached hydrogens (tertiary/aromatic N) is 2. The Kier molecular flexibility index (Phi) is 6.90. The zero-order valence-electron chi connectivity index (χ0n) is 16.4. The van der Waals surface area contributed by atoms with Crippen molar-refractivity contribution in [3.63, 3.8) is 0 Å². The molecule has 1 unspecified atom stereocenters. The lowest BCUT2D eigenvalue weighted by Crippen LogP contribution is -2.28. The largest absolute Gasteiger partial charge is 0.471 e. The van der Waals surface area contributed by atoms with Gasteiger partial charge in [0.1, 0.15) is 11.4 Å². The van der Waals surface area contributed by atoms with Gasteiger partial charge in [-0.2, -0.15) is 5.10 Å². The van der Waals surface area contributed by atoms with E-state index < -0.39 is 6.10 Å². The van der Waals surface area contributed by atoms with Crippen molar-refractivity contribution in [1.29, 1.82) is 0 Å². The number of carbonyl (C=O) groups is 1. The summed E-state index contributed by atoms with van der Waals surface area (Å²) in [6.07, 6.45) is 0.869. The minimum Gasteiger partial charge on any atom is -0.471 e. The van der Waals surface area contributed by atoms with Crippen LogP contribution in [-0.4, -0.2) is 27.3 Å². The number of nitrogens with one attached hydrogen (secondary N) is 1. The average Bonchev–Trinajstić information content (AvgIpc) is 3.19. The fourth-order valence-corrected chi connectivity index (χ4v) is 2.93. The summed E-state index contributed by atoms with van der Waals surface area (Å²) in [5.41, 5.74) is 2.22. The molecule has 2 aromatic carbocycles. The van der Waals surface area contributed by atoms with Crippen LogP contribution in [0.2, 0.25) is 5.02 Å². The fourth-order valence-electron chi connectivity index (χ4n) is 2.75. The number of amides is 1. The molecule has 6 nitrogen and oxygen atoms in total. The lowest BCUT2D eigenvalue weighted by molar-refractivity contribution is 0.0909. The van der Waals surface area contributed by atoms with Gasteiger partial charge in [0, 0.05) is 17.8 Å². The van der Waals surface area contributed by atoms with Gasteiger partial charge in [-0.3, -0.25) is 4.79 Å². The summed E-state index contributed by atoms with van der Waals surface area (Å²) >= 11 is 5.92. The molecule has 1 atom stereocenters. The predicted octanol–water partition coefficient (Wildman–Crippen LogP) is 4.16. The number of benzene rings is 2. The first-order chi connectivity index (χ1) is 13.9. The summed E-state index contributed by atoms with van der Waals surface area (Å²) in [6, 6.07) is 16.4. The van der Waals surface area contributed by atoms with E-state index in [0.29, 0.717) is 16.7 Å². The van der Waals surface area contributed by atoms with E-state index in [1.807, 2.05) is 24.3 Å². The molecule has 2 N–H and O–H groups in total. The first kappa shape index (κ1) is 20.9. The van der Waals surface area contributed by atoms with Gasteiger partial charge >= 0.3 is 0 Å². The predicted molar refractivity (Wildman–Crippen MR) is 112 cm³/mol. The molecule has 152 valence electrons. The van der Waals surface area contributed by atoms with E-state index in [0.717, 1.165) is 5.56 Å². The topological polar surface area (TPSA) is 76.4 Å². The third kappa shape index (κ3) is 5.82. The summed E-state index contributed by atoms with van der Waals surface area (Å²) in [6.45, 7) is 4.49. The number of halogens is 1. The smallest absolute Gasteiger partial charge is 0.271 e. The van der Waals surface area contributed by atoms with E-state index in [-0.39, 0.29) is 24.9 Å². The monoisotopic (exact) mass is 413 g/mol. The molecule has 0 saturated heterocycles. The van der Waals surface area contributed by atoms with Crippen molar-refractivity contribution in [2.45, 2.75) is 32.6 Å². The highest BCUT2D eigenvalue weighted by Crippen LogP contribution is 2.19. The molecule has 0 aliphatic heterocycles. The van der Waals surface area contributed by atoms with Crippen molar-refractivity contribution in [1.82, 2.24) is 15.1 Å². The van der Waals surface area contributed by atoms with Crippen LogP contribution >= 0.6 is 11.6 Å². The molecule has 3 aromatic rings. The van der Waals surface area contributed by atoms with Gasteiger partial charge in [-0.25, -0.2) is 4.68 Å². The summed E-state index contributed by atoms with van der Waals surface area (Å²) in [5, 5.41) is 17.8. The number of carbonyl (C=O) groups excluding carboxylic acids is 1. The fraction of sp³-hybridized carbons (Fsp3) is 0.273. The molecule has 0 radical (unpaired) electrons. The van der Waals surface area contributed by atoms with Crippen molar-refractivity contribution >= 4 is 17.5 Å². The molecular formula is C22H24ClN3O3. The number of aliphatic hydroxyl groups excluding tert-OH is 1. The quantitative estimate of drug-likeness (QED) is 0.581.